The highest BCUT2D eigenvalue weighted by Crippen LogP contribution is 2.26. The van der Waals surface area contributed by atoms with E-state index in [4.69, 9.17) is 4.74 Å². The summed E-state index contributed by atoms with van der Waals surface area (Å²) in [6.07, 6.45) is 3.66. The zero-order valence-electron chi connectivity index (χ0n) is 21.8. The van der Waals surface area contributed by atoms with Crippen LogP contribution in [-0.4, -0.2) is 73.0 Å². The van der Waals surface area contributed by atoms with Gasteiger partial charge in [0.25, 0.3) is 0 Å². The Labute approximate surface area is 194 Å². The average Bonchev–Trinajstić information content (AvgIpc) is 2.69. The first-order chi connectivity index (χ1) is 14.7. The SMILES string of the molecule is CCOC(=O)/C(C)=C/[C@H](C(C)C)N(C)C(=O)[C@@H](NC(=O)C1C[C@@H](C)CCN1C)C(C)(C)C. The Bertz CT molecular complexity index is 696. The summed E-state index contributed by atoms with van der Waals surface area (Å²) in [6, 6.07) is -1.21. The Hall–Kier alpha value is -1.89. The Morgan fingerprint density at radius 2 is 1.84 bits per heavy atom. The first-order valence-corrected chi connectivity index (χ1v) is 11.8. The third-order valence-electron chi connectivity index (χ3n) is 6.33. The normalized spacial score (nSPS) is 22.3. The second kappa shape index (κ2) is 11.8. The molecule has 1 fully saturated rings. The number of esters is 1. The van der Waals surface area contributed by atoms with Gasteiger partial charge in [-0.2, -0.15) is 0 Å². The number of likely N-dealkylation sites (tertiary alicyclic amines) is 1. The van der Waals surface area contributed by atoms with Gasteiger partial charge in [-0.1, -0.05) is 47.6 Å². The van der Waals surface area contributed by atoms with Crippen LogP contribution < -0.4 is 5.32 Å². The second-order valence-corrected chi connectivity index (χ2v) is 10.7. The van der Waals surface area contributed by atoms with E-state index in [-0.39, 0.29) is 35.8 Å². The van der Waals surface area contributed by atoms with Gasteiger partial charge in [-0.15, -0.1) is 0 Å². The van der Waals surface area contributed by atoms with E-state index in [1.54, 1.807) is 31.9 Å². The molecule has 4 atom stereocenters. The molecule has 0 spiro atoms. The highest BCUT2D eigenvalue weighted by Gasteiger charge is 2.39. The molecule has 1 aliphatic heterocycles. The summed E-state index contributed by atoms with van der Waals surface area (Å²) in [5, 5.41) is 3.06. The fraction of sp³-hybridized carbons (Fsp3) is 0.800. The minimum absolute atomic E-state index is 0.0787. The van der Waals surface area contributed by atoms with E-state index in [1.165, 1.54) is 0 Å². The zero-order valence-corrected chi connectivity index (χ0v) is 21.8. The lowest BCUT2D eigenvalue weighted by Gasteiger charge is -2.40. The van der Waals surface area contributed by atoms with Crippen molar-refractivity contribution in [3.05, 3.63) is 11.6 Å². The molecule has 0 saturated carbocycles. The molecule has 0 bridgehead atoms. The third-order valence-corrected chi connectivity index (χ3v) is 6.33. The molecule has 0 aromatic rings. The summed E-state index contributed by atoms with van der Waals surface area (Å²) in [5.74, 6) is -0.0807. The molecule has 7 heteroatoms. The molecule has 1 rings (SSSR count). The first-order valence-electron chi connectivity index (χ1n) is 11.8. The van der Waals surface area contributed by atoms with E-state index in [2.05, 4.69) is 17.1 Å². The molecule has 7 nitrogen and oxygen atoms in total. The summed E-state index contributed by atoms with van der Waals surface area (Å²) in [4.78, 5) is 42.6. The molecule has 0 aliphatic carbocycles. The van der Waals surface area contributed by atoms with Gasteiger partial charge in [0.1, 0.15) is 6.04 Å². The summed E-state index contributed by atoms with van der Waals surface area (Å²) in [7, 11) is 3.70. The molecule has 1 saturated heterocycles. The van der Waals surface area contributed by atoms with Gasteiger partial charge in [-0.3, -0.25) is 14.5 Å². The first kappa shape index (κ1) is 28.1. The van der Waals surface area contributed by atoms with Crippen molar-refractivity contribution in [2.45, 2.75) is 86.4 Å². The molecule has 2 amide bonds. The highest BCUT2D eigenvalue weighted by molar-refractivity contribution is 5.91. The van der Waals surface area contributed by atoms with Gasteiger partial charge in [0.05, 0.1) is 18.7 Å². The molecular weight excluding hydrogens is 406 g/mol. The van der Waals surface area contributed by atoms with Crippen LogP contribution in [0.1, 0.15) is 68.2 Å². The van der Waals surface area contributed by atoms with Crippen LogP contribution in [0, 0.1) is 17.3 Å². The minimum atomic E-state index is -0.678. The quantitative estimate of drug-likeness (QED) is 0.453. The largest absolute Gasteiger partial charge is 0.463 e. The minimum Gasteiger partial charge on any atom is -0.463 e. The fourth-order valence-electron chi connectivity index (χ4n) is 4.12. The summed E-state index contributed by atoms with van der Waals surface area (Å²) >= 11 is 0. The second-order valence-electron chi connectivity index (χ2n) is 10.7. The van der Waals surface area contributed by atoms with Crippen molar-refractivity contribution in [2.75, 3.05) is 27.2 Å². The Balaban J connectivity index is 3.12. The van der Waals surface area contributed by atoms with Gasteiger partial charge in [0.2, 0.25) is 11.8 Å². The van der Waals surface area contributed by atoms with Crippen molar-refractivity contribution < 1.29 is 19.1 Å². The molecule has 184 valence electrons. The number of amides is 2. The van der Waals surface area contributed by atoms with Crippen molar-refractivity contribution in [3.63, 3.8) is 0 Å². The van der Waals surface area contributed by atoms with Crippen LogP contribution in [0.4, 0.5) is 0 Å². The predicted molar refractivity (Wildman–Crippen MR) is 128 cm³/mol. The number of hydrogen-bond acceptors (Lipinski definition) is 5. The fourth-order valence-corrected chi connectivity index (χ4v) is 4.12. The van der Waals surface area contributed by atoms with E-state index in [0.29, 0.717) is 18.1 Å². The number of hydrogen-bond donors (Lipinski definition) is 1. The van der Waals surface area contributed by atoms with Crippen LogP contribution in [0.2, 0.25) is 0 Å². The summed E-state index contributed by atoms with van der Waals surface area (Å²) in [6.45, 7) is 16.7. The van der Waals surface area contributed by atoms with Gasteiger partial charge in [-0.05, 0) is 57.5 Å². The maximum atomic E-state index is 13.6. The molecule has 32 heavy (non-hydrogen) atoms. The van der Waals surface area contributed by atoms with Gasteiger partial charge in [0, 0.05) is 12.6 Å². The molecule has 1 aliphatic rings. The van der Waals surface area contributed by atoms with Crippen LogP contribution in [0.15, 0.2) is 11.6 Å². The summed E-state index contributed by atoms with van der Waals surface area (Å²) in [5.41, 5.74) is 0.000687. The van der Waals surface area contributed by atoms with Crippen LogP contribution in [0.25, 0.3) is 0 Å². The molecular formula is C25H45N3O4. The number of piperidine rings is 1. The standard InChI is InChI=1S/C25H45N3O4/c1-11-32-24(31)18(5)15-19(16(2)3)28(10)23(30)21(25(6,7)8)26-22(29)20-14-17(4)12-13-27(20)9/h15-17,19-21H,11-14H2,1-10H3,(H,26,29)/b18-15+/t17-,19+,20?,21+/m0/s1. The van der Waals surface area contributed by atoms with Crippen molar-refractivity contribution in [2.24, 2.45) is 17.3 Å². The lowest BCUT2D eigenvalue weighted by Crippen LogP contribution is -2.60. The van der Waals surface area contributed by atoms with Gasteiger partial charge < -0.3 is 15.0 Å². The van der Waals surface area contributed by atoms with Crippen molar-refractivity contribution >= 4 is 17.8 Å². The monoisotopic (exact) mass is 451 g/mol. The molecule has 0 aromatic carbocycles. The van der Waals surface area contributed by atoms with Gasteiger partial charge in [0.15, 0.2) is 0 Å². The summed E-state index contributed by atoms with van der Waals surface area (Å²) < 4.78 is 5.09. The Kier molecular flexibility index (Phi) is 10.4. The average molecular weight is 452 g/mol. The number of nitrogens with zero attached hydrogens (tertiary/aromatic N) is 2. The van der Waals surface area contributed by atoms with E-state index >= 15 is 0 Å². The lowest BCUT2D eigenvalue weighted by atomic mass is 9.84. The van der Waals surface area contributed by atoms with Crippen LogP contribution in [-0.2, 0) is 19.1 Å². The molecule has 1 heterocycles. The molecule has 1 unspecified atom stereocenters. The van der Waals surface area contributed by atoms with Gasteiger partial charge in [-0.25, -0.2) is 4.79 Å². The van der Waals surface area contributed by atoms with Crippen molar-refractivity contribution in [1.29, 1.82) is 0 Å². The Morgan fingerprint density at radius 3 is 2.34 bits per heavy atom. The predicted octanol–water partition coefficient (Wildman–Crippen LogP) is 3.24. The highest BCUT2D eigenvalue weighted by atomic mass is 16.5. The zero-order chi connectivity index (χ0) is 24.8. The van der Waals surface area contributed by atoms with E-state index in [0.717, 1.165) is 19.4 Å². The number of nitrogens with one attached hydrogen (secondary N) is 1. The maximum absolute atomic E-state index is 13.6. The molecule has 1 N–H and O–H groups in total. The van der Waals surface area contributed by atoms with Crippen LogP contribution in [0.3, 0.4) is 0 Å². The molecule has 0 aromatic heterocycles. The van der Waals surface area contributed by atoms with Crippen molar-refractivity contribution in [1.82, 2.24) is 15.1 Å². The number of likely N-dealkylation sites (N-methyl/N-ethyl adjacent to an activating group) is 2. The van der Waals surface area contributed by atoms with Gasteiger partial charge >= 0.3 is 5.97 Å². The molecule has 0 radical (unpaired) electrons. The number of carbonyl (C=O) groups excluding carboxylic acids is 3. The van der Waals surface area contributed by atoms with E-state index < -0.39 is 11.5 Å². The maximum Gasteiger partial charge on any atom is 0.333 e. The van der Waals surface area contributed by atoms with Crippen molar-refractivity contribution in [3.8, 4) is 0 Å². The lowest BCUT2D eigenvalue weighted by molar-refractivity contribution is -0.142. The third kappa shape index (κ3) is 7.61. The van der Waals surface area contributed by atoms with E-state index in [1.807, 2.05) is 41.7 Å². The topological polar surface area (TPSA) is 79.0 Å². The van der Waals surface area contributed by atoms with E-state index in [9.17, 15) is 14.4 Å². The number of ether oxygens (including phenoxy) is 1. The van der Waals surface area contributed by atoms with Crippen LogP contribution >= 0.6 is 0 Å². The number of carbonyl (C=O) groups is 3. The Morgan fingerprint density at radius 1 is 1.25 bits per heavy atom. The van der Waals surface area contributed by atoms with Crippen LogP contribution in [0.5, 0.6) is 0 Å². The number of rotatable bonds is 8. The smallest absolute Gasteiger partial charge is 0.333 e.